The molecule has 1 aliphatic carbocycles. The standard InChI is InChI=1S/C28H30ClN3O5/c1-6-14(2)24(27-31-17-9-7-8-10-18(17)32-27)30-16-11-15(3)28(21(33)12-16)26(34)22-19(35-4)13-20(36-5)23(29)25(22)37-28/h7-10,12-15,24,30H,6,11H2,1-5H3,(H,31,32). The van der Waals surface area contributed by atoms with E-state index in [0.29, 0.717) is 12.2 Å². The van der Waals surface area contributed by atoms with Gasteiger partial charge in [0.15, 0.2) is 5.75 Å². The minimum absolute atomic E-state index is 0.118. The summed E-state index contributed by atoms with van der Waals surface area (Å²) in [5.41, 5.74) is 1.03. The van der Waals surface area contributed by atoms with Crippen LogP contribution in [0.4, 0.5) is 0 Å². The van der Waals surface area contributed by atoms with Crippen LogP contribution in [0.2, 0.25) is 5.02 Å². The van der Waals surface area contributed by atoms with E-state index in [-0.39, 0.29) is 34.0 Å². The van der Waals surface area contributed by atoms with Gasteiger partial charge in [-0.05, 0) is 24.5 Å². The summed E-state index contributed by atoms with van der Waals surface area (Å²) in [6.45, 7) is 6.10. The van der Waals surface area contributed by atoms with Crippen molar-refractivity contribution in [3.8, 4) is 17.2 Å². The second-order valence-electron chi connectivity index (χ2n) is 9.75. The zero-order valence-corrected chi connectivity index (χ0v) is 22.2. The Hall–Kier alpha value is -3.52. The van der Waals surface area contributed by atoms with E-state index in [1.807, 2.05) is 31.2 Å². The van der Waals surface area contributed by atoms with Crippen LogP contribution in [-0.2, 0) is 4.79 Å². The highest BCUT2D eigenvalue weighted by Gasteiger charge is 2.60. The van der Waals surface area contributed by atoms with Crippen molar-refractivity contribution in [2.75, 3.05) is 14.2 Å². The lowest BCUT2D eigenvalue weighted by Crippen LogP contribution is -2.55. The molecule has 0 amide bonds. The first-order valence-electron chi connectivity index (χ1n) is 12.4. The van der Waals surface area contributed by atoms with E-state index in [1.165, 1.54) is 26.4 Å². The lowest BCUT2D eigenvalue weighted by atomic mass is 9.74. The molecule has 0 bridgehead atoms. The fourth-order valence-electron chi connectivity index (χ4n) is 5.26. The van der Waals surface area contributed by atoms with Crippen LogP contribution >= 0.6 is 11.6 Å². The zero-order valence-electron chi connectivity index (χ0n) is 21.5. The number of hydrogen-bond acceptors (Lipinski definition) is 7. The molecule has 0 saturated heterocycles. The monoisotopic (exact) mass is 523 g/mol. The maximum absolute atomic E-state index is 13.7. The maximum atomic E-state index is 13.7. The number of aromatic amines is 1. The third kappa shape index (κ3) is 3.85. The van der Waals surface area contributed by atoms with E-state index in [0.717, 1.165) is 29.0 Å². The minimum atomic E-state index is -1.71. The number of rotatable bonds is 7. The second-order valence-corrected chi connectivity index (χ2v) is 10.1. The molecule has 0 saturated carbocycles. The van der Waals surface area contributed by atoms with Gasteiger partial charge in [0.2, 0.25) is 17.2 Å². The molecule has 2 aromatic carbocycles. The number of methoxy groups -OCH3 is 2. The van der Waals surface area contributed by atoms with Gasteiger partial charge in [0.25, 0.3) is 0 Å². The summed E-state index contributed by atoms with van der Waals surface area (Å²) < 4.78 is 16.9. The predicted molar refractivity (Wildman–Crippen MR) is 141 cm³/mol. The third-order valence-corrected chi connectivity index (χ3v) is 7.92. The number of carbonyl (C=O) groups excluding carboxylic acids is 2. The molecule has 9 heteroatoms. The molecule has 37 heavy (non-hydrogen) atoms. The van der Waals surface area contributed by atoms with Crippen LogP contribution in [-0.4, -0.2) is 41.4 Å². The molecule has 0 radical (unpaired) electrons. The largest absolute Gasteiger partial charge is 0.496 e. The number of halogens is 1. The normalized spacial score (nSPS) is 22.4. The Morgan fingerprint density at radius 2 is 1.97 bits per heavy atom. The number of hydrogen-bond donors (Lipinski definition) is 2. The van der Waals surface area contributed by atoms with Gasteiger partial charge in [-0.1, -0.05) is 50.9 Å². The van der Waals surface area contributed by atoms with Crippen molar-refractivity contribution in [2.24, 2.45) is 11.8 Å². The third-order valence-electron chi connectivity index (χ3n) is 7.57. The molecular weight excluding hydrogens is 494 g/mol. The predicted octanol–water partition coefficient (Wildman–Crippen LogP) is 5.42. The topological polar surface area (TPSA) is 103 Å². The van der Waals surface area contributed by atoms with Gasteiger partial charge < -0.3 is 24.5 Å². The van der Waals surface area contributed by atoms with Crippen molar-refractivity contribution < 1.29 is 23.8 Å². The number of aromatic nitrogens is 2. The number of ether oxygens (including phenoxy) is 3. The fraction of sp³-hybridized carbons (Fsp3) is 0.393. The number of fused-ring (bicyclic) bond motifs is 2. The number of nitrogens with zero attached hydrogens (tertiary/aromatic N) is 1. The first kappa shape index (κ1) is 25.1. The van der Waals surface area contributed by atoms with Crippen LogP contribution in [0.5, 0.6) is 17.2 Å². The van der Waals surface area contributed by atoms with Crippen molar-refractivity contribution in [2.45, 2.75) is 45.3 Å². The average molecular weight is 524 g/mol. The van der Waals surface area contributed by atoms with Gasteiger partial charge in [0.1, 0.15) is 27.9 Å². The highest BCUT2D eigenvalue weighted by Crippen LogP contribution is 2.53. The molecule has 194 valence electrons. The highest BCUT2D eigenvalue weighted by atomic mass is 35.5. The van der Waals surface area contributed by atoms with Gasteiger partial charge in [-0.3, -0.25) is 9.59 Å². The van der Waals surface area contributed by atoms with Gasteiger partial charge in [-0.25, -0.2) is 4.98 Å². The van der Waals surface area contributed by atoms with Gasteiger partial charge >= 0.3 is 0 Å². The van der Waals surface area contributed by atoms with Gasteiger partial charge in [0.05, 0.1) is 31.3 Å². The molecule has 1 spiro atoms. The van der Waals surface area contributed by atoms with Crippen LogP contribution in [0.3, 0.4) is 0 Å². The lowest BCUT2D eigenvalue weighted by molar-refractivity contribution is -0.129. The molecule has 8 nitrogen and oxygen atoms in total. The number of ketones is 2. The van der Waals surface area contributed by atoms with E-state index in [2.05, 4.69) is 24.1 Å². The SMILES string of the molecule is CCC(C)C(NC1=CC(=O)C2(Oc3c(Cl)c(OC)cc(OC)c3C2=O)C(C)C1)c1nc2ccccc2[nH]1. The molecule has 2 aliphatic rings. The lowest BCUT2D eigenvalue weighted by Gasteiger charge is -2.36. The Balaban J connectivity index is 1.49. The smallest absolute Gasteiger partial charge is 0.236 e. The number of H-pyrrole nitrogens is 1. The minimum Gasteiger partial charge on any atom is -0.496 e. The molecule has 3 aromatic rings. The maximum Gasteiger partial charge on any atom is 0.236 e. The van der Waals surface area contributed by atoms with Crippen molar-refractivity contribution in [3.63, 3.8) is 0 Å². The van der Waals surface area contributed by atoms with E-state index >= 15 is 0 Å². The van der Waals surface area contributed by atoms with E-state index in [9.17, 15) is 9.59 Å². The summed E-state index contributed by atoms with van der Waals surface area (Å²) in [7, 11) is 2.91. The summed E-state index contributed by atoms with van der Waals surface area (Å²) in [5, 5.41) is 3.69. The highest BCUT2D eigenvalue weighted by molar-refractivity contribution is 6.36. The van der Waals surface area contributed by atoms with E-state index in [4.69, 9.17) is 30.8 Å². The van der Waals surface area contributed by atoms with E-state index in [1.54, 1.807) is 0 Å². The Labute approximate surface area is 220 Å². The molecule has 4 unspecified atom stereocenters. The van der Waals surface area contributed by atoms with Crippen molar-refractivity contribution >= 4 is 34.2 Å². The summed E-state index contributed by atoms with van der Waals surface area (Å²) >= 11 is 6.49. The number of para-hydroxylation sites is 2. The number of Topliss-reactive ketones (excluding diaryl/α,β-unsaturated/α-hetero) is 1. The summed E-state index contributed by atoms with van der Waals surface area (Å²) in [6.07, 6.45) is 2.82. The first-order chi connectivity index (χ1) is 17.7. The number of carbonyl (C=O) groups is 2. The Morgan fingerprint density at radius 1 is 1.24 bits per heavy atom. The molecule has 1 aliphatic heterocycles. The Morgan fingerprint density at radius 3 is 2.62 bits per heavy atom. The molecule has 0 fully saturated rings. The zero-order chi connectivity index (χ0) is 26.5. The van der Waals surface area contributed by atoms with Crippen LogP contribution in [0.1, 0.15) is 55.8 Å². The number of nitrogens with one attached hydrogen (secondary N) is 2. The van der Waals surface area contributed by atoms with Crippen LogP contribution in [0.15, 0.2) is 42.1 Å². The van der Waals surface area contributed by atoms with Gasteiger partial charge in [-0.15, -0.1) is 0 Å². The van der Waals surface area contributed by atoms with Crippen molar-refractivity contribution in [3.05, 3.63) is 58.5 Å². The summed E-state index contributed by atoms with van der Waals surface area (Å²) in [6, 6.07) is 9.26. The van der Waals surface area contributed by atoms with Crippen molar-refractivity contribution in [1.29, 1.82) is 0 Å². The second kappa shape index (κ2) is 9.41. The molecule has 5 rings (SSSR count). The molecule has 1 aromatic heterocycles. The van der Waals surface area contributed by atoms with Crippen LogP contribution in [0.25, 0.3) is 11.0 Å². The molecule has 4 atom stereocenters. The number of allylic oxidation sites excluding steroid dienone is 1. The van der Waals surface area contributed by atoms with Crippen molar-refractivity contribution in [1.82, 2.24) is 15.3 Å². The fourth-order valence-corrected chi connectivity index (χ4v) is 5.53. The van der Waals surface area contributed by atoms with E-state index < -0.39 is 23.1 Å². The molecule has 2 heterocycles. The van der Waals surface area contributed by atoms with Gasteiger partial charge in [-0.2, -0.15) is 0 Å². The first-order valence-corrected chi connectivity index (χ1v) is 12.8. The molecule has 2 N–H and O–H groups in total. The molecular formula is C28H30ClN3O5. The summed E-state index contributed by atoms with van der Waals surface area (Å²) in [4.78, 5) is 35.6. The Bertz CT molecular complexity index is 1400. The van der Waals surface area contributed by atoms with Gasteiger partial charge in [0, 0.05) is 23.8 Å². The summed E-state index contributed by atoms with van der Waals surface area (Å²) in [5.74, 6) is 0.367. The van der Waals surface area contributed by atoms with Crippen LogP contribution in [0, 0.1) is 11.8 Å². The number of benzene rings is 2. The average Bonchev–Trinajstić information content (AvgIpc) is 3.46. The quantitative estimate of drug-likeness (QED) is 0.399. The van der Waals surface area contributed by atoms with Crippen LogP contribution < -0.4 is 19.5 Å². The number of imidazole rings is 1. The Kier molecular flexibility index (Phi) is 6.40.